The zero-order valence-electron chi connectivity index (χ0n) is 14.4. The number of carboxylic acid groups (broad SMARTS) is 1. The Kier molecular flexibility index (Phi) is 5.46. The molecule has 2 unspecified atom stereocenters. The molecule has 0 saturated carbocycles. The first-order valence-corrected chi connectivity index (χ1v) is 7.96. The molecule has 0 bridgehead atoms. The summed E-state index contributed by atoms with van der Waals surface area (Å²) in [6, 6.07) is -0.694. The van der Waals surface area contributed by atoms with E-state index >= 15 is 0 Å². The molecule has 4 heteroatoms. The van der Waals surface area contributed by atoms with Gasteiger partial charge in [-0.1, -0.05) is 41.5 Å². The van der Waals surface area contributed by atoms with Crippen LogP contribution >= 0.6 is 0 Å². The summed E-state index contributed by atoms with van der Waals surface area (Å²) < 4.78 is 0. The highest BCUT2D eigenvalue weighted by Gasteiger charge is 2.44. The minimum absolute atomic E-state index is 0.00748. The number of carboxylic acids is 1. The van der Waals surface area contributed by atoms with Crippen LogP contribution in [0.3, 0.4) is 0 Å². The maximum absolute atomic E-state index is 12.6. The molecule has 21 heavy (non-hydrogen) atoms. The van der Waals surface area contributed by atoms with Crippen molar-refractivity contribution in [1.82, 2.24) is 4.90 Å². The van der Waals surface area contributed by atoms with Gasteiger partial charge in [0, 0.05) is 13.0 Å². The predicted molar refractivity (Wildman–Crippen MR) is 84.0 cm³/mol. The molecular formula is C17H31NO3. The van der Waals surface area contributed by atoms with Gasteiger partial charge >= 0.3 is 5.97 Å². The molecule has 0 aliphatic carbocycles. The first-order chi connectivity index (χ1) is 9.44. The highest BCUT2D eigenvalue weighted by Crippen LogP contribution is 2.36. The number of hydrogen-bond donors (Lipinski definition) is 1. The van der Waals surface area contributed by atoms with E-state index in [2.05, 4.69) is 27.7 Å². The Balaban J connectivity index is 2.77. The fourth-order valence-corrected chi connectivity index (χ4v) is 3.66. The molecule has 1 heterocycles. The number of likely N-dealkylation sites (tertiary alicyclic amines) is 1. The molecule has 0 aromatic heterocycles. The lowest BCUT2D eigenvalue weighted by molar-refractivity contribution is -0.159. The fraction of sp³-hybridized carbons (Fsp3) is 0.882. The van der Waals surface area contributed by atoms with Gasteiger partial charge in [-0.05, 0) is 36.0 Å². The molecule has 122 valence electrons. The average molecular weight is 297 g/mol. The molecule has 1 N–H and O–H groups in total. The van der Waals surface area contributed by atoms with Crippen molar-refractivity contribution in [3.05, 3.63) is 0 Å². The summed E-state index contributed by atoms with van der Waals surface area (Å²) in [6.07, 6.45) is 3.15. The maximum Gasteiger partial charge on any atom is 0.326 e. The van der Waals surface area contributed by atoms with E-state index in [-0.39, 0.29) is 22.7 Å². The average Bonchev–Trinajstić information content (AvgIpc) is 2.23. The minimum Gasteiger partial charge on any atom is -0.480 e. The summed E-state index contributed by atoms with van der Waals surface area (Å²) in [4.78, 5) is 25.8. The van der Waals surface area contributed by atoms with E-state index in [0.717, 1.165) is 19.3 Å². The van der Waals surface area contributed by atoms with E-state index in [1.807, 2.05) is 13.8 Å². The third-order valence-corrected chi connectivity index (χ3v) is 4.31. The van der Waals surface area contributed by atoms with E-state index in [1.54, 1.807) is 4.90 Å². The van der Waals surface area contributed by atoms with Crippen LogP contribution in [0.15, 0.2) is 0 Å². The van der Waals surface area contributed by atoms with Crippen LogP contribution in [0.1, 0.15) is 67.2 Å². The van der Waals surface area contributed by atoms with Gasteiger partial charge < -0.3 is 10.0 Å². The second-order valence-electron chi connectivity index (χ2n) is 8.49. The van der Waals surface area contributed by atoms with Crippen molar-refractivity contribution in [2.24, 2.45) is 16.7 Å². The summed E-state index contributed by atoms with van der Waals surface area (Å²) in [5, 5.41) is 9.52. The Morgan fingerprint density at radius 1 is 1.33 bits per heavy atom. The Bertz CT molecular complexity index is 395. The van der Waals surface area contributed by atoms with Crippen LogP contribution in [0.4, 0.5) is 0 Å². The quantitative estimate of drug-likeness (QED) is 0.863. The van der Waals surface area contributed by atoms with Crippen LogP contribution in [-0.4, -0.2) is 34.5 Å². The summed E-state index contributed by atoms with van der Waals surface area (Å²) in [5.74, 6) is -0.611. The Morgan fingerprint density at radius 2 is 1.90 bits per heavy atom. The molecule has 0 spiro atoms. The number of carbonyl (C=O) groups excluding carboxylic acids is 1. The molecule has 1 aliphatic heterocycles. The number of carbonyl (C=O) groups is 2. The van der Waals surface area contributed by atoms with Gasteiger partial charge in [0.15, 0.2) is 0 Å². The Labute approximate surface area is 128 Å². The highest BCUT2D eigenvalue weighted by atomic mass is 16.4. The molecular weight excluding hydrogens is 266 g/mol. The lowest BCUT2D eigenvalue weighted by Crippen LogP contribution is -2.56. The van der Waals surface area contributed by atoms with Crippen molar-refractivity contribution in [1.29, 1.82) is 0 Å². The minimum atomic E-state index is -0.878. The van der Waals surface area contributed by atoms with Gasteiger partial charge in [-0.25, -0.2) is 4.79 Å². The molecule has 4 nitrogen and oxygen atoms in total. The predicted octanol–water partition coefficient (Wildman–Crippen LogP) is 3.55. The van der Waals surface area contributed by atoms with Crippen molar-refractivity contribution in [2.75, 3.05) is 6.54 Å². The van der Waals surface area contributed by atoms with E-state index < -0.39 is 12.0 Å². The van der Waals surface area contributed by atoms with E-state index in [1.165, 1.54) is 0 Å². The summed E-state index contributed by atoms with van der Waals surface area (Å²) in [5.41, 5.74) is -0.167. The normalized spacial score (nSPS) is 23.7. The van der Waals surface area contributed by atoms with E-state index in [4.69, 9.17) is 0 Å². The van der Waals surface area contributed by atoms with Crippen molar-refractivity contribution in [3.8, 4) is 0 Å². The number of rotatable bonds is 4. The molecule has 1 aliphatic rings. The molecule has 0 aromatic rings. The summed E-state index contributed by atoms with van der Waals surface area (Å²) in [6.45, 7) is 13.0. The standard InChI is InChI=1S/C17H31NO3/c1-12(11-16(2,3)4)10-13(19)18-9-7-8-17(5,6)14(18)15(20)21/h12,14H,7-11H2,1-6H3,(H,20,21). The molecule has 0 radical (unpaired) electrons. The van der Waals surface area contributed by atoms with Gasteiger partial charge in [-0.15, -0.1) is 0 Å². The highest BCUT2D eigenvalue weighted by molar-refractivity contribution is 5.84. The molecule has 0 aromatic carbocycles. The topological polar surface area (TPSA) is 57.6 Å². The van der Waals surface area contributed by atoms with Gasteiger partial charge in [0.2, 0.25) is 5.91 Å². The molecule has 2 atom stereocenters. The first-order valence-electron chi connectivity index (χ1n) is 7.96. The fourth-order valence-electron chi connectivity index (χ4n) is 3.66. The molecule has 1 saturated heterocycles. The number of nitrogens with zero attached hydrogens (tertiary/aromatic N) is 1. The van der Waals surface area contributed by atoms with Crippen LogP contribution in [0.5, 0.6) is 0 Å². The van der Waals surface area contributed by atoms with Crippen molar-refractivity contribution in [3.63, 3.8) is 0 Å². The van der Waals surface area contributed by atoms with Gasteiger partial charge in [-0.2, -0.15) is 0 Å². The first kappa shape index (κ1) is 18.0. The van der Waals surface area contributed by atoms with Gasteiger partial charge in [0.25, 0.3) is 0 Å². The van der Waals surface area contributed by atoms with E-state index in [9.17, 15) is 14.7 Å². The number of piperidine rings is 1. The zero-order chi connectivity index (χ0) is 16.4. The van der Waals surface area contributed by atoms with Crippen molar-refractivity contribution in [2.45, 2.75) is 73.3 Å². The van der Waals surface area contributed by atoms with Crippen molar-refractivity contribution >= 4 is 11.9 Å². The van der Waals surface area contributed by atoms with Crippen LogP contribution < -0.4 is 0 Å². The Hall–Kier alpha value is -1.06. The summed E-state index contributed by atoms with van der Waals surface area (Å²) in [7, 11) is 0. The third-order valence-electron chi connectivity index (χ3n) is 4.31. The van der Waals surface area contributed by atoms with Gasteiger partial charge in [-0.3, -0.25) is 4.79 Å². The monoisotopic (exact) mass is 297 g/mol. The van der Waals surface area contributed by atoms with Crippen LogP contribution in [0.2, 0.25) is 0 Å². The molecule has 1 fully saturated rings. The van der Waals surface area contributed by atoms with Crippen LogP contribution in [0.25, 0.3) is 0 Å². The summed E-state index contributed by atoms with van der Waals surface area (Å²) >= 11 is 0. The smallest absolute Gasteiger partial charge is 0.326 e. The number of hydrogen-bond acceptors (Lipinski definition) is 2. The largest absolute Gasteiger partial charge is 0.480 e. The van der Waals surface area contributed by atoms with Gasteiger partial charge in [0.05, 0.1) is 0 Å². The lowest BCUT2D eigenvalue weighted by atomic mass is 9.76. The van der Waals surface area contributed by atoms with Crippen LogP contribution in [-0.2, 0) is 9.59 Å². The second kappa shape index (κ2) is 6.37. The third kappa shape index (κ3) is 5.01. The second-order valence-corrected chi connectivity index (χ2v) is 8.49. The number of amides is 1. The zero-order valence-corrected chi connectivity index (χ0v) is 14.4. The lowest BCUT2D eigenvalue weighted by Gasteiger charge is -2.44. The van der Waals surface area contributed by atoms with Gasteiger partial charge in [0.1, 0.15) is 6.04 Å². The molecule has 1 rings (SSSR count). The SMILES string of the molecule is CC(CC(=O)N1CCCC(C)(C)C1C(=O)O)CC(C)(C)C. The maximum atomic E-state index is 12.6. The van der Waals surface area contributed by atoms with Crippen LogP contribution in [0, 0.1) is 16.7 Å². The number of aliphatic carboxylic acids is 1. The molecule has 1 amide bonds. The van der Waals surface area contributed by atoms with Crippen molar-refractivity contribution < 1.29 is 14.7 Å². The Morgan fingerprint density at radius 3 is 2.38 bits per heavy atom. The van der Waals surface area contributed by atoms with E-state index in [0.29, 0.717) is 13.0 Å².